The molecule has 1 unspecified atom stereocenters. The Morgan fingerprint density at radius 3 is 2.32 bits per heavy atom. The van der Waals surface area contributed by atoms with Crippen molar-refractivity contribution in [3.63, 3.8) is 0 Å². The number of amides is 1. The van der Waals surface area contributed by atoms with E-state index in [4.69, 9.17) is 4.74 Å². The largest absolute Gasteiger partial charge is 1.00 e. The minimum Gasteiger partial charge on any atom is -1.00 e. The maximum atomic E-state index is 12.3. The molecule has 0 aromatic carbocycles. The lowest BCUT2D eigenvalue weighted by molar-refractivity contribution is -0.368. The van der Waals surface area contributed by atoms with Gasteiger partial charge in [-0.1, -0.05) is 0 Å². The van der Waals surface area contributed by atoms with Gasteiger partial charge in [0.2, 0.25) is 10.0 Å². The second-order valence-corrected chi connectivity index (χ2v) is 8.22. The van der Waals surface area contributed by atoms with E-state index in [2.05, 4.69) is 20.5 Å². The highest BCUT2D eigenvalue weighted by molar-refractivity contribution is 7.90. The molecule has 0 aliphatic carbocycles. The Morgan fingerprint density at radius 1 is 1.24 bits per heavy atom. The highest BCUT2D eigenvalue weighted by Crippen LogP contribution is 2.09. The number of sulfonamides is 1. The van der Waals surface area contributed by atoms with Gasteiger partial charge in [0.15, 0.2) is 0 Å². The molecule has 0 aromatic heterocycles. The molecule has 0 spiro atoms. The van der Waals surface area contributed by atoms with Gasteiger partial charge in [-0.05, 0) is 40.5 Å². The van der Waals surface area contributed by atoms with E-state index >= 15 is 0 Å². The number of nitrogens with one attached hydrogen (secondary N) is 2. The predicted molar refractivity (Wildman–Crippen MR) is 88.6 cm³/mol. The molecule has 25 heavy (non-hydrogen) atoms. The van der Waals surface area contributed by atoms with Crippen LogP contribution in [0.2, 0.25) is 0 Å². The number of rotatable bonds is 10. The first-order valence-electron chi connectivity index (χ1n) is 7.92. The Bertz CT molecular complexity index is 507. The van der Waals surface area contributed by atoms with Crippen LogP contribution in [0.3, 0.4) is 0 Å². The number of hydrogen-bond donors (Lipinski definition) is 3. The van der Waals surface area contributed by atoms with E-state index in [1.54, 1.807) is 27.7 Å². The van der Waals surface area contributed by atoms with Crippen LogP contribution in [0.25, 0.3) is 0 Å². The molecule has 0 aliphatic heterocycles. The molecule has 0 rings (SSSR count). The smallest absolute Gasteiger partial charge is 0.407 e. The second kappa shape index (κ2) is 12.3. The van der Waals surface area contributed by atoms with Crippen LogP contribution in [0.15, 0.2) is 0 Å². The molecule has 0 heterocycles. The number of alkyl carbamates (subject to hydrolysis) is 1. The van der Waals surface area contributed by atoms with Crippen molar-refractivity contribution < 1.29 is 45.6 Å². The Morgan fingerprint density at radius 2 is 1.84 bits per heavy atom. The molecule has 1 atom stereocenters. The fourth-order valence-corrected chi connectivity index (χ4v) is 3.07. The number of quaternary nitrogens is 1. The summed E-state index contributed by atoms with van der Waals surface area (Å²) in [7, 11) is -3.80. The zero-order chi connectivity index (χ0) is 18.8. The van der Waals surface area contributed by atoms with Crippen LogP contribution in [0, 0.1) is 0 Å². The quantitative estimate of drug-likeness (QED) is 0.322. The van der Waals surface area contributed by atoms with E-state index in [9.17, 15) is 18.0 Å². The van der Waals surface area contributed by atoms with Crippen molar-refractivity contribution in [2.24, 2.45) is 0 Å². The van der Waals surface area contributed by atoms with Gasteiger partial charge in [-0.25, -0.2) is 17.9 Å². The minimum absolute atomic E-state index is 0. The van der Waals surface area contributed by atoms with Crippen molar-refractivity contribution in [2.75, 3.05) is 26.2 Å². The summed E-state index contributed by atoms with van der Waals surface area (Å²) in [6.07, 6.45) is 0.182. The van der Waals surface area contributed by atoms with Gasteiger partial charge >= 0.3 is 12.1 Å². The predicted octanol–water partition coefficient (Wildman–Crippen LogP) is -3.61. The number of carbonyl (C=O) groups is 2. The number of ether oxygens (including phenoxy) is 2. The molecule has 0 bridgehead atoms. The lowest BCUT2D eigenvalue weighted by Gasteiger charge is -2.22. The number of carbonyl (C=O) groups excluding carboxylic acids is 2. The monoisotopic (exact) mass is 403 g/mol. The normalized spacial score (nSPS) is 12.7. The standard InChI is InChI=1S/C14H29N3O6S.ClH/c1-5-22-12(18)10-17-24(20,21)11(7-6-8-15)9-16-13(19)23-14(2,3)4;/h11,17H,5-10,15H2,1-4H3,(H,16,19);1H. The van der Waals surface area contributed by atoms with Gasteiger partial charge in [0, 0.05) is 6.54 Å². The Hall–Kier alpha value is -1.10. The lowest BCUT2D eigenvalue weighted by atomic mass is 10.2. The number of esters is 1. The number of hydrogen-bond acceptors (Lipinski definition) is 6. The van der Waals surface area contributed by atoms with Crippen LogP contribution < -0.4 is 28.2 Å². The third kappa shape index (κ3) is 12.9. The minimum atomic E-state index is -3.80. The zero-order valence-corrected chi connectivity index (χ0v) is 16.8. The highest BCUT2D eigenvalue weighted by Gasteiger charge is 2.27. The van der Waals surface area contributed by atoms with Crippen molar-refractivity contribution >= 4 is 22.1 Å². The summed E-state index contributed by atoms with van der Waals surface area (Å²) < 4.78 is 36.6. The van der Waals surface area contributed by atoms with E-state index < -0.39 is 39.5 Å². The molecule has 0 aromatic rings. The third-order valence-corrected chi connectivity index (χ3v) is 4.64. The Kier molecular flexibility index (Phi) is 12.8. The first-order chi connectivity index (χ1) is 11.0. The van der Waals surface area contributed by atoms with E-state index in [0.717, 1.165) is 0 Å². The van der Waals surface area contributed by atoms with Gasteiger partial charge in [0.05, 0.1) is 18.4 Å². The van der Waals surface area contributed by atoms with Gasteiger partial charge in [-0.2, -0.15) is 0 Å². The topological polar surface area (TPSA) is 138 Å². The molecule has 1 amide bonds. The van der Waals surface area contributed by atoms with Gasteiger partial charge in [-0.3, -0.25) is 4.79 Å². The maximum Gasteiger partial charge on any atom is 0.407 e. The second-order valence-electron chi connectivity index (χ2n) is 6.17. The highest BCUT2D eigenvalue weighted by atomic mass is 35.5. The van der Waals surface area contributed by atoms with Gasteiger partial charge in [0.1, 0.15) is 12.1 Å². The average molecular weight is 404 g/mol. The fourth-order valence-electron chi connectivity index (χ4n) is 1.74. The molecule has 150 valence electrons. The van der Waals surface area contributed by atoms with Crippen LogP contribution in [0.5, 0.6) is 0 Å². The maximum absolute atomic E-state index is 12.3. The van der Waals surface area contributed by atoms with Crippen LogP contribution in [0.1, 0.15) is 40.5 Å². The summed E-state index contributed by atoms with van der Waals surface area (Å²) in [5.41, 5.74) is 3.01. The third-order valence-electron chi connectivity index (χ3n) is 2.81. The molecular formula is C14H30ClN3O6S. The molecule has 0 fully saturated rings. The molecule has 0 radical (unpaired) electrons. The van der Waals surface area contributed by atoms with Crippen molar-refractivity contribution in [1.82, 2.24) is 10.0 Å². The van der Waals surface area contributed by atoms with Gasteiger partial charge < -0.3 is 32.9 Å². The first-order valence-corrected chi connectivity index (χ1v) is 9.46. The van der Waals surface area contributed by atoms with E-state index in [-0.39, 0.29) is 25.6 Å². The summed E-state index contributed by atoms with van der Waals surface area (Å²) in [5, 5.41) is 1.56. The summed E-state index contributed by atoms with van der Waals surface area (Å²) in [4.78, 5) is 23.0. The molecular weight excluding hydrogens is 374 g/mol. The Balaban J connectivity index is 0. The summed E-state index contributed by atoms with van der Waals surface area (Å²) in [6, 6.07) is 0. The molecule has 9 nitrogen and oxygen atoms in total. The van der Waals surface area contributed by atoms with E-state index in [0.29, 0.717) is 19.4 Å². The van der Waals surface area contributed by atoms with E-state index in [1.807, 2.05) is 0 Å². The SMILES string of the molecule is CCOC(=O)CNS(=O)(=O)C(CCC[NH3+])CNC(=O)OC(C)(C)C.[Cl-]. The molecule has 0 saturated heterocycles. The number of halogens is 1. The molecule has 0 aliphatic rings. The van der Waals surface area contributed by atoms with Crippen molar-refractivity contribution in [3.05, 3.63) is 0 Å². The zero-order valence-electron chi connectivity index (χ0n) is 15.3. The van der Waals surface area contributed by atoms with Crippen LogP contribution in [-0.2, 0) is 24.3 Å². The van der Waals surface area contributed by atoms with Crippen molar-refractivity contribution in [1.29, 1.82) is 0 Å². The van der Waals surface area contributed by atoms with Gasteiger partial charge in [-0.15, -0.1) is 0 Å². The molecule has 5 N–H and O–H groups in total. The lowest BCUT2D eigenvalue weighted by Crippen LogP contribution is -3.00. The summed E-state index contributed by atoms with van der Waals surface area (Å²) >= 11 is 0. The average Bonchev–Trinajstić information content (AvgIpc) is 2.43. The first kappa shape index (κ1) is 26.1. The van der Waals surface area contributed by atoms with E-state index in [1.165, 1.54) is 0 Å². The van der Waals surface area contributed by atoms with Crippen molar-refractivity contribution in [2.45, 2.75) is 51.4 Å². The van der Waals surface area contributed by atoms with Crippen LogP contribution in [-0.4, -0.2) is 57.6 Å². The molecule has 11 heteroatoms. The summed E-state index contributed by atoms with van der Waals surface area (Å²) in [5.74, 6) is -0.655. The Labute approximate surface area is 155 Å². The van der Waals surface area contributed by atoms with Crippen molar-refractivity contribution in [3.8, 4) is 0 Å². The van der Waals surface area contributed by atoms with Crippen LogP contribution in [0.4, 0.5) is 4.79 Å². The summed E-state index contributed by atoms with van der Waals surface area (Å²) in [6.45, 7) is 6.95. The van der Waals surface area contributed by atoms with Gasteiger partial charge in [0.25, 0.3) is 0 Å². The fraction of sp³-hybridized carbons (Fsp3) is 0.857. The molecule has 0 saturated carbocycles. The van der Waals surface area contributed by atoms with Crippen LogP contribution >= 0.6 is 0 Å².